The number of carbonyl (C=O) groups is 2. The van der Waals surface area contributed by atoms with Crippen LogP contribution in [0.3, 0.4) is 0 Å². The molecule has 1 fully saturated rings. The Morgan fingerprint density at radius 3 is 1.61 bits per heavy atom. The number of rotatable bonds is 4. The van der Waals surface area contributed by atoms with Gasteiger partial charge < -0.3 is 10.6 Å². The van der Waals surface area contributed by atoms with Crippen molar-refractivity contribution < 1.29 is 9.59 Å². The smallest absolute Gasteiger partial charge is 0.267 e. The molecular weight excluding hydrogens is 432 g/mol. The molecule has 2 amide bonds. The van der Waals surface area contributed by atoms with E-state index in [4.69, 9.17) is 24.4 Å². The van der Waals surface area contributed by atoms with Gasteiger partial charge in [0.2, 0.25) is 0 Å². The predicted molar refractivity (Wildman–Crippen MR) is 121 cm³/mol. The lowest BCUT2D eigenvalue weighted by Gasteiger charge is -2.34. The summed E-state index contributed by atoms with van der Waals surface area (Å²) >= 11 is 13.3. The van der Waals surface area contributed by atoms with Gasteiger partial charge in [0.15, 0.2) is 10.2 Å². The molecule has 10 heteroatoms. The zero-order valence-corrected chi connectivity index (χ0v) is 18.2. The summed E-state index contributed by atoms with van der Waals surface area (Å²) in [6.45, 7) is 0. The molecule has 0 bridgehead atoms. The number of amides is 2. The van der Waals surface area contributed by atoms with Crippen LogP contribution in [0.15, 0.2) is 35.0 Å². The second kappa shape index (κ2) is 10.1. The van der Waals surface area contributed by atoms with Gasteiger partial charge in [-0.25, -0.2) is 0 Å². The zero-order chi connectivity index (χ0) is 19.9. The minimum Gasteiger partial charge on any atom is -0.358 e. The van der Waals surface area contributed by atoms with Crippen molar-refractivity contribution in [3.8, 4) is 0 Å². The predicted octanol–water partition coefficient (Wildman–Crippen LogP) is 3.03. The molecular formula is C18H20N4O2S4. The van der Waals surface area contributed by atoms with E-state index in [0.29, 0.717) is 20.0 Å². The van der Waals surface area contributed by atoms with Gasteiger partial charge in [-0.1, -0.05) is 25.0 Å². The first-order chi connectivity index (χ1) is 13.5. The Hall–Kier alpha value is -1.88. The average Bonchev–Trinajstić information content (AvgIpc) is 3.37. The lowest BCUT2D eigenvalue weighted by atomic mass is 9.90. The average molecular weight is 453 g/mol. The monoisotopic (exact) mass is 452 g/mol. The van der Waals surface area contributed by atoms with E-state index in [1.165, 1.54) is 22.7 Å². The first-order valence-electron chi connectivity index (χ1n) is 8.83. The SMILES string of the molecule is O=C(NC(=S)N[C@@H]1CCCC[C@H]1NC(=S)NC(=O)c1cccs1)c1cccs1. The van der Waals surface area contributed by atoms with E-state index in [2.05, 4.69) is 21.3 Å². The summed E-state index contributed by atoms with van der Waals surface area (Å²) < 4.78 is 0. The molecule has 3 rings (SSSR count). The Morgan fingerprint density at radius 2 is 1.25 bits per heavy atom. The van der Waals surface area contributed by atoms with Gasteiger partial charge in [-0.15, -0.1) is 22.7 Å². The summed E-state index contributed by atoms with van der Waals surface area (Å²) in [6, 6.07) is 7.18. The Kier molecular flexibility index (Phi) is 7.49. The standard InChI is InChI=1S/C18H20N4O2S4/c23-15(13-7-3-9-27-13)21-17(25)19-11-5-1-2-6-12(11)20-18(26)22-16(24)14-8-4-10-28-14/h3-4,7-12H,1-2,5-6H2,(H2,19,21,23,25)(H2,20,22,24,26)/t11-,12-/m1/s1. The van der Waals surface area contributed by atoms with Crippen molar-refractivity contribution in [2.24, 2.45) is 0 Å². The molecule has 1 aliphatic rings. The molecule has 0 saturated heterocycles. The van der Waals surface area contributed by atoms with Gasteiger partial charge in [-0.2, -0.15) is 0 Å². The highest BCUT2D eigenvalue weighted by atomic mass is 32.1. The first-order valence-corrected chi connectivity index (χ1v) is 11.4. The van der Waals surface area contributed by atoms with Crippen molar-refractivity contribution in [2.45, 2.75) is 37.8 Å². The topological polar surface area (TPSA) is 82.3 Å². The second-order valence-electron chi connectivity index (χ2n) is 6.31. The lowest BCUT2D eigenvalue weighted by molar-refractivity contribution is 0.0970. The van der Waals surface area contributed by atoms with Gasteiger partial charge in [0.1, 0.15) is 0 Å². The normalized spacial score (nSPS) is 18.7. The number of thiocarbonyl (C=S) groups is 2. The maximum absolute atomic E-state index is 12.1. The minimum absolute atomic E-state index is 0.0153. The first kappa shape index (κ1) is 20.8. The fourth-order valence-electron chi connectivity index (χ4n) is 3.03. The summed E-state index contributed by atoms with van der Waals surface area (Å²) in [6.07, 6.45) is 3.92. The number of thiophene rings is 2. The van der Waals surface area contributed by atoms with Crippen LogP contribution in [0.2, 0.25) is 0 Å². The quantitative estimate of drug-likeness (QED) is 0.534. The molecule has 0 aromatic carbocycles. The number of nitrogens with one attached hydrogen (secondary N) is 4. The van der Waals surface area contributed by atoms with Crippen LogP contribution in [0.5, 0.6) is 0 Å². The van der Waals surface area contributed by atoms with Gasteiger partial charge in [0.25, 0.3) is 11.8 Å². The molecule has 2 aromatic rings. The lowest BCUT2D eigenvalue weighted by Crippen LogP contribution is -2.57. The maximum atomic E-state index is 12.1. The van der Waals surface area contributed by atoms with Crippen molar-refractivity contribution in [3.63, 3.8) is 0 Å². The van der Waals surface area contributed by atoms with Gasteiger partial charge in [-0.05, 0) is 60.2 Å². The third-order valence-electron chi connectivity index (χ3n) is 4.34. The molecule has 4 N–H and O–H groups in total. The van der Waals surface area contributed by atoms with Gasteiger partial charge >= 0.3 is 0 Å². The highest BCUT2D eigenvalue weighted by molar-refractivity contribution is 7.80. The molecule has 2 heterocycles. The van der Waals surface area contributed by atoms with Crippen molar-refractivity contribution in [3.05, 3.63) is 44.8 Å². The fraction of sp³-hybridized carbons (Fsp3) is 0.333. The number of hydrogen-bond donors (Lipinski definition) is 4. The third-order valence-corrected chi connectivity index (χ3v) is 6.52. The summed E-state index contributed by atoms with van der Waals surface area (Å²) in [5, 5.41) is 16.2. The molecule has 1 saturated carbocycles. The van der Waals surface area contributed by atoms with Crippen molar-refractivity contribution in [1.29, 1.82) is 0 Å². The molecule has 6 nitrogen and oxygen atoms in total. The van der Waals surface area contributed by atoms with Crippen LogP contribution in [-0.4, -0.2) is 34.1 Å². The minimum atomic E-state index is -0.216. The third kappa shape index (κ3) is 5.81. The molecule has 0 unspecified atom stereocenters. The van der Waals surface area contributed by atoms with Gasteiger partial charge in [0, 0.05) is 12.1 Å². The van der Waals surface area contributed by atoms with Crippen molar-refractivity contribution in [1.82, 2.24) is 21.3 Å². The highest BCUT2D eigenvalue weighted by Crippen LogP contribution is 2.19. The van der Waals surface area contributed by atoms with Crippen LogP contribution in [-0.2, 0) is 0 Å². The summed E-state index contributed by atoms with van der Waals surface area (Å²) in [5.41, 5.74) is 0. The molecule has 0 radical (unpaired) electrons. The van der Waals surface area contributed by atoms with E-state index in [1.54, 1.807) is 12.1 Å². The van der Waals surface area contributed by atoms with E-state index in [1.807, 2.05) is 22.9 Å². The molecule has 2 atom stereocenters. The van der Waals surface area contributed by atoms with Crippen LogP contribution in [0.4, 0.5) is 0 Å². The van der Waals surface area contributed by atoms with E-state index in [-0.39, 0.29) is 23.9 Å². The molecule has 148 valence electrons. The summed E-state index contributed by atoms with van der Waals surface area (Å²) in [7, 11) is 0. The Labute approximate surface area is 182 Å². The van der Waals surface area contributed by atoms with Crippen LogP contribution in [0, 0.1) is 0 Å². The van der Waals surface area contributed by atoms with E-state index >= 15 is 0 Å². The number of hydrogen-bond acceptors (Lipinski definition) is 6. The van der Waals surface area contributed by atoms with Crippen molar-refractivity contribution in [2.75, 3.05) is 0 Å². The maximum Gasteiger partial charge on any atom is 0.267 e. The van der Waals surface area contributed by atoms with Crippen LogP contribution < -0.4 is 21.3 Å². The molecule has 0 aliphatic heterocycles. The Morgan fingerprint density at radius 1 is 0.821 bits per heavy atom. The van der Waals surface area contributed by atoms with Gasteiger partial charge in [0.05, 0.1) is 9.75 Å². The van der Waals surface area contributed by atoms with E-state index in [0.717, 1.165) is 25.7 Å². The van der Waals surface area contributed by atoms with Crippen LogP contribution >= 0.6 is 47.1 Å². The van der Waals surface area contributed by atoms with Crippen LogP contribution in [0.1, 0.15) is 45.0 Å². The van der Waals surface area contributed by atoms with E-state index < -0.39 is 0 Å². The Balaban J connectivity index is 1.51. The summed E-state index contributed by atoms with van der Waals surface area (Å²) in [5.74, 6) is -0.432. The number of carbonyl (C=O) groups excluding carboxylic acids is 2. The largest absolute Gasteiger partial charge is 0.358 e. The van der Waals surface area contributed by atoms with Crippen molar-refractivity contribution >= 4 is 69.1 Å². The molecule has 0 spiro atoms. The Bertz CT molecular complexity index is 766. The second-order valence-corrected chi connectivity index (χ2v) is 9.02. The molecule has 2 aromatic heterocycles. The molecule has 28 heavy (non-hydrogen) atoms. The summed E-state index contributed by atoms with van der Waals surface area (Å²) in [4.78, 5) is 25.5. The molecule has 1 aliphatic carbocycles. The zero-order valence-electron chi connectivity index (χ0n) is 14.9. The fourth-order valence-corrected chi connectivity index (χ4v) is 4.76. The van der Waals surface area contributed by atoms with Crippen LogP contribution in [0.25, 0.3) is 0 Å². The highest BCUT2D eigenvalue weighted by Gasteiger charge is 2.27. The van der Waals surface area contributed by atoms with Gasteiger partial charge in [-0.3, -0.25) is 20.2 Å². The van der Waals surface area contributed by atoms with E-state index in [9.17, 15) is 9.59 Å².